The van der Waals surface area contributed by atoms with Gasteiger partial charge in [-0.2, -0.15) is 0 Å². The lowest BCUT2D eigenvalue weighted by molar-refractivity contribution is -0.131. The van der Waals surface area contributed by atoms with E-state index in [0.717, 1.165) is 78.3 Å². The molecule has 0 bridgehead atoms. The normalized spacial score (nSPS) is 24.7. The van der Waals surface area contributed by atoms with Crippen molar-refractivity contribution in [3.63, 3.8) is 0 Å². The average molecular weight is 975 g/mol. The third-order valence-corrected chi connectivity index (χ3v) is 16.3. The predicted octanol–water partition coefficient (Wildman–Crippen LogP) is 9.23. The van der Waals surface area contributed by atoms with Crippen LogP contribution in [0.25, 0.3) is 0 Å². The fraction of sp³-hybridized carbons (Fsp3) is 0.339. The Morgan fingerprint density at radius 1 is 0.514 bits per heavy atom. The Balaban J connectivity index is 0.000000124. The van der Waals surface area contributed by atoms with Crippen molar-refractivity contribution in [3.05, 3.63) is 212 Å². The zero-order chi connectivity index (χ0) is 50.4. The summed E-state index contributed by atoms with van der Waals surface area (Å²) in [5.41, 5.74) is 31.3. The number of methoxy groups -OCH3 is 1. The number of nitrogens with zero attached hydrogens (tertiary/aromatic N) is 3. The highest BCUT2D eigenvalue weighted by Crippen LogP contribution is 2.53. The molecule has 12 rings (SSSR count). The van der Waals surface area contributed by atoms with Gasteiger partial charge in [0.2, 0.25) is 12.3 Å². The quantitative estimate of drug-likeness (QED) is 0.149. The third-order valence-electron chi connectivity index (χ3n) is 16.3. The summed E-state index contributed by atoms with van der Waals surface area (Å²) in [6.45, 7) is 2.80. The van der Waals surface area contributed by atoms with E-state index in [1.165, 1.54) is 58.7 Å². The molecule has 10 nitrogen and oxygen atoms in total. The summed E-state index contributed by atoms with van der Waals surface area (Å²) in [6.07, 6.45) is 5.17. The van der Waals surface area contributed by atoms with E-state index in [2.05, 4.69) is 36.4 Å². The van der Waals surface area contributed by atoms with Crippen molar-refractivity contribution in [1.29, 1.82) is 0 Å². The summed E-state index contributed by atoms with van der Waals surface area (Å²) in [4.78, 5) is 42.0. The van der Waals surface area contributed by atoms with Crippen LogP contribution in [-0.2, 0) is 33.6 Å². The van der Waals surface area contributed by atoms with Crippen molar-refractivity contribution in [2.45, 2.75) is 99.5 Å². The molecule has 0 saturated carbocycles. The minimum atomic E-state index is -0.405. The summed E-state index contributed by atoms with van der Waals surface area (Å²) in [5.74, 6) is -0.354. The van der Waals surface area contributed by atoms with Gasteiger partial charge in [0, 0.05) is 62.4 Å². The summed E-state index contributed by atoms with van der Waals surface area (Å²) < 4.78 is 47.0. The number of carbonyl (C=O) groups excluding carboxylic acids is 3. The van der Waals surface area contributed by atoms with E-state index >= 15 is 0 Å². The number of carbonyl (C=O) groups is 3. The topological polar surface area (TPSA) is 148 Å². The molecule has 6 aliphatic rings. The van der Waals surface area contributed by atoms with Gasteiger partial charge in [-0.05, 0) is 142 Å². The second kappa shape index (κ2) is 20.4. The first-order chi connectivity index (χ1) is 35.0. The van der Waals surface area contributed by atoms with Crippen molar-refractivity contribution in [2.75, 3.05) is 26.7 Å². The van der Waals surface area contributed by atoms with Crippen LogP contribution in [0.15, 0.2) is 127 Å². The van der Waals surface area contributed by atoms with Crippen molar-refractivity contribution >= 4 is 18.4 Å². The molecule has 6 N–H and O–H groups in total. The SMILES string of the molecule is CC(=O)N1[C@@H](CN)C[C@@H]2c3ccccc3Cc3ccc(F)cc3[C@H]21.COC(=O)N1[C@@H](CN)C[C@@H]2c3ccccc3Cc3ccc(F)cc3[C@H]21.NC[C@H]1C[C@@H]2c3ccccc3Cc3ccc(F)cc3[C@H]2N1C=O. The van der Waals surface area contributed by atoms with Crippen LogP contribution >= 0.6 is 0 Å². The number of ether oxygens (including phenoxy) is 1. The lowest BCUT2D eigenvalue weighted by atomic mass is 9.87. The number of rotatable bonds is 4. The Labute approximate surface area is 418 Å². The smallest absolute Gasteiger partial charge is 0.410 e. The molecule has 3 aliphatic carbocycles. The van der Waals surface area contributed by atoms with Gasteiger partial charge in [-0.25, -0.2) is 18.0 Å². The van der Waals surface area contributed by atoms with E-state index in [1.807, 2.05) is 59.5 Å². The molecule has 0 spiro atoms. The van der Waals surface area contributed by atoms with Gasteiger partial charge in [0.1, 0.15) is 17.5 Å². The van der Waals surface area contributed by atoms with E-state index in [9.17, 15) is 27.6 Å². The lowest BCUT2D eigenvalue weighted by Gasteiger charge is -2.31. The molecule has 3 saturated heterocycles. The molecule has 9 atom stereocenters. The number of nitrogens with two attached hydrogens (primary N) is 3. The minimum Gasteiger partial charge on any atom is -0.453 e. The zero-order valence-corrected chi connectivity index (χ0v) is 40.6. The Morgan fingerprint density at radius 2 is 0.861 bits per heavy atom. The van der Waals surface area contributed by atoms with Gasteiger partial charge in [0.05, 0.1) is 25.2 Å². The number of hydrogen-bond donors (Lipinski definition) is 3. The first-order valence-electron chi connectivity index (χ1n) is 25.0. The minimum absolute atomic E-state index is 0.000210. The molecule has 6 aromatic rings. The van der Waals surface area contributed by atoms with E-state index in [-0.39, 0.29) is 77.4 Å². The second-order valence-electron chi connectivity index (χ2n) is 20.0. The van der Waals surface area contributed by atoms with Crippen LogP contribution in [0, 0.1) is 17.5 Å². The zero-order valence-electron chi connectivity index (χ0n) is 40.6. The van der Waals surface area contributed by atoms with Crippen LogP contribution in [0.4, 0.5) is 18.0 Å². The second-order valence-corrected chi connectivity index (χ2v) is 20.0. The van der Waals surface area contributed by atoms with Crippen molar-refractivity contribution in [2.24, 2.45) is 17.2 Å². The first kappa shape index (κ1) is 48.8. The molecule has 372 valence electrons. The van der Waals surface area contributed by atoms with E-state index in [4.69, 9.17) is 21.9 Å². The number of amides is 3. The molecule has 13 heteroatoms. The highest BCUT2D eigenvalue weighted by atomic mass is 19.1. The van der Waals surface area contributed by atoms with Crippen LogP contribution in [0.5, 0.6) is 0 Å². The molecule has 0 radical (unpaired) electrons. The van der Waals surface area contributed by atoms with Crippen molar-refractivity contribution < 1.29 is 32.3 Å². The monoisotopic (exact) mass is 974 g/mol. The largest absolute Gasteiger partial charge is 0.453 e. The molecule has 3 aliphatic heterocycles. The molecule has 3 heterocycles. The predicted molar refractivity (Wildman–Crippen MR) is 270 cm³/mol. The Kier molecular flexibility index (Phi) is 13.8. The number of fused-ring (bicyclic) bond motifs is 15. The molecular weight excluding hydrogens is 914 g/mol. The van der Waals surface area contributed by atoms with Gasteiger partial charge in [0.15, 0.2) is 0 Å². The Bertz CT molecular complexity index is 3020. The first-order valence-corrected chi connectivity index (χ1v) is 25.0. The Hall–Kier alpha value is -6.80. The van der Waals surface area contributed by atoms with Crippen LogP contribution in [-0.4, -0.2) is 78.0 Å². The van der Waals surface area contributed by atoms with Gasteiger partial charge in [-0.3, -0.25) is 14.5 Å². The maximum Gasteiger partial charge on any atom is 0.410 e. The number of halogens is 3. The summed E-state index contributed by atoms with van der Waals surface area (Å²) in [7, 11) is 1.38. The summed E-state index contributed by atoms with van der Waals surface area (Å²) in [6, 6.07) is 39.1. The van der Waals surface area contributed by atoms with Gasteiger partial charge in [-0.1, -0.05) is 91.0 Å². The highest BCUT2D eigenvalue weighted by Gasteiger charge is 2.49. The van der Waals surface area contributed by atoms with Crippen molar-refractivity contribution in [3.8, 4) is 0 Å². The van der Waals surface area contributed by atoms with Crippen LogP contribution < -0.4 is 17.2 Å². The lowest BCUT2D eigenvalue weighted by Crippen LogP contribution is -2.41. The third kappa shape index (κ3) is 8.75. The maximum atomic E-state index is 14.0. The standard InChI is InChI=1S/C20H21FN2O2.C20H21FN2O.C19H19FN2O/c1-25-20(24)23-15(11-22)10-18-16-5-3-2-4-12(16)8-13-6-7-14(21)9-17(13)19(18)23;1-12(24)23-16(11-22)10-19-17-5-3-2-4-13(17)8-14-6-7-15(21)9-18(14)20(19)23;20-14-6-5-13-7-12-3-1-2-4-16(12)18-9-15(10-21)22(11-23)19(18)17(13)8-14/h2-7,9,15,18-19H,8,10-11,22H2,1H3;2-7,9,16,19-20H,8,10-11,22H2,1H3;1-6,8,11,15,18-19H,7,9-10,21H2/t15-,18-,19-;16-,19-,20-;15-,18-,19-/m111/s1. The van der Waals surface area contributed by atoms with Gasteiger partial charge in [0.25, 0.3) is 0 Å². The molecule has 0 aromatic heterocycles. The highest BCUT2D eigenvalue weighted by molar-refractivity contribution is 5.75. The molecular formula is C59H61F3N6O4. The summed E-state index contributed by atoms with van der Waals surface area (Å²) in [5, 5.41) is 0. The number of benzene rings is 6. The number of likely N-dealkylation sites (tertiary alicyclic amines) is 3. The van der Waals surface area contributed by atoms with Gasteiger partial charge < -0.3 is 31.7 Å². The van der Waals surface area contributed by atoms with Crippen molar-refractivity contribution in [1.82, 2.24) is 14.7 Å². The molecule has 72 heavy (non-hydrogen) atoms. The van der Waals surface area contributed by atoms with E-state index < -0.39 is 6.09 Å². The van der Waals surface area contributed by atoms with Crippen LogP contribution in [0.3, 0.4) is 0 Å². The fourth-order valence-electron chi connectivity index (χ4n) is 13.3. The fourth-order valence-corrected chi connectivity index (χ4v) is 13.3. The Morgan fingerprint density at radius 3 is 1.25 bits per heavy atom. The number of hydrogen-bond acceptors (Lipinski definition) is 7. The molecule has 6 aromatic carbocycles. The van der Waals surface area contributed by atoms with E-state index in [1.54, 1.807) is 34.9 Å². The van der Waals surface area contributed by atoms with Crippen LogP contribution in [0.1, 0.15) is 129 Å². The maximum absolute atomic E-state index is 14.0. The van der Waals surface area contributed by atoms with Gasteiger partial charge in [-0.15, -0.1) is 0 Å². The average Bonchev–Trinajstić information content (AvgIpc) is 4.03. The molecule has 3 amide bonds. The molecule has 3 fully saturated rings. The molecule has 0 unspecified atom stereocenters. The van der Waals surface area contributed by atoms with Gasteiger partial charge >= 0.3 is 6.09 Å². The van der Waals surface area contributed by atoms with Crippen LogP contribution in [0.2, 0.25) is 0 Å². The summed E-state index contributed by atoms with van der Waals surface area (Å²) >= 11 is 0. The van der Waals surface area contributed by atoms with E-state index in [0.29, 0.717) is 19.6 Å².